The maximum Gasteiger partial charge on any atom is 0.325 e. The number of amides is 2. The van der Waals surface area contributed by atoms with Gasteiger partial charge in [0.25, 0.3) is 0 Å². The topological polar surface area (TPSA) is 76.4 Å². The lowest BCUT2D eigenvalue weighted by Gasteiger charge is -2.09. The van der Waals surface area contributed by atoms with Crippen molar-refractivity contribution >= 4 is 17.5 Å². The molecular formula is C12H13N3O3. The first-order valence-electron chi connectivity index (χ1n) is 5.33. The summed E-state index contributed by atoms with van der Waals surface area (Å²) in [5.74, 6) is 1.58. The summed E-state index contributed by atoms with van der Waals surface area (Å²) in [6.07, 6.45) is 0. The van der Waals surface area contributed by atoms with E-state index < -0.39 is 6.03 Å². The van der Waals surface area contributed by atoms with E-state index in [2.05, 4.69) is 15.8 Å². The molecule has 2 N–H and O–H groups in total. The van der Waals surface area contributed by atoms with Crippen LogP contribution >= 0.6 is 0 Å². The van der Waals surface area contributed by atoms with Gasteiger partial charge in [-0.1, -0.05) is 17.3 Å². The molecule has 2 aromatic rings. The number of methoxy groups -OCH3 is 1. The van der Waals surface area contributed by atoms with E-state index in [0.717, 1.165) is 0 Å². The van der Waals surface area contributed by atoms with Crippen molar-refractivity contribution in [2.24, 2.45) is 0 Å². The zero-order valence-electron chi connectivity index (χ0n) is 10.1. The molecule has 18 heavy (non-hydrogen) atoms. The van der Waals surface area contributed by atoms with Crippen molar-refractivity contribution in [1.82, 2.24) is 5.16 Å². The third kappa shape index (κ3) is 2.79. The molecule has 0 radical (unpaired) electrons. The van der Waals surface area contributed by atoms with Gasteiger partial charge in [0.15, 0.2) is 5.82 Å². The van der Waals surface area contributed by atoms with E-state index in [1.54, 1.807) is 38.3 Å². The summed E-state index contributed by atoms with van der Waals surface area (Å²) in [7, 11) is 1.54. The summed E-state index contributed by atoms with van der Waals surface area (Å²) in [5, 5.41) is 8.88. The lowest BCUT2D eigenvalue weighted by atomic mass is 10.3. The van der Waals surface area contributed by atoms with Gasteiger partial charge in [-0.15, -0.1) is 0 Å². The van der Waals surface area contributed by atoms with Crippen molar-refractivity contribution in [2.45, 2.75) is 6.92 Å². The number of aromatic nitrogens is 1. The molecule has 1 heterocycles. The molecule has 6 nitrogen and oxygen atoms in total. The third-order valence-electron chi connectivity index (χ3n) is 2.22. The number of hydrogen-bond donors (Lipinski definition) is 2. The number of nitrogens with zero attached hydrogens (tertiary/aromatic N) is 1. The number of carbonyl (C=O) groups excluding carboxylic acids is 1. The normalized spacial score (nSPS) is 9.89. The zero-order valence-corrected chi connectivity index (χ0v) is 10.1. The highest BCUT2D eigenvalue weighted by molar-refractivity contribution is 6.00. The number of ether oxygens (including phenoxy) is 1. The molecule has 94 valence electrons. The lowest BCUT2D eigenvalue weighted by Crippen LogP contribution is -2.19. The number of carbonyl (C=O) groups is 1. The summed E-state index contributed by atoms with van der Waals surface area (Å²) in [5.41, 5.74) is 0.581. The molecule has 0 saturated carbocycles. The second-order valence-electron chi connectivity index (χ2n) is 3.60. The highest BCUT2D eigenvalue weighted by Crippen LogP contribution is 2.23. The maximum atomic E-state index is 11.7. The van der Waals surface area contributed by atoms with Crippen LogP contribution in [-0.2, 0) is 0 Å². The van der Waals surface area contributed by atoms with Crippen LogP contribution in [0.2, 0.25) is 0 Å². The molecule has 0 fully saturated rings. The first kappa shape index (κ1) is 12.0. The molecule has 0 atom stereocenters. The highest BCUT2D eigenvalue weighted by Gasteiger charge is 2.08. The van der Waals surface area contributed by atoms with Gasteiger partial charge < -0.3 is 14.6 Å². The minimum absolute atomic E-state index is 0.361. The molecule has 0 aliphatic heterocycles. The second-order valence-corrected chi connectivity index (χ2v) is 3.60. The Balaban J connectivity index is 2.03. The van der Waals surface area contributed by atoms with Crippen LogP contribution in [0, 0.1) is 6.92 Å². The Morgan fingerprint density at radius 1 is 1.33 bits per heavy atom. The number of anilines is 2. The zero-order chi connectivity index (χ0) is 13.0. The average molecular weight is 247 g/mol. The van der Waals surface area contributed by atoms with Gasteiger partial charge in [-0.2, -0.15) is 0 Å². The van der Waals surface area contributed by atoms with Crippen LogP contribution in [0.15, 0.2) is 34.9 Å². The Bertz CT molecular complexity index is 551. The molecule has 0 spiro atoms. The Labute approximate surface area is 104 Å². The summed E-state index contributed by atoms with van der Waals surface area (Å²) in [6.45, 7) is 1.75. The van der Waals surface area contributed by atoms with E-state index in [9.17, 15) is 4.79 Å². The van der Waals surface area contributed by atoms with Gasteiger partial charge in [-0.3, -0.25) is 5.32 Å². The molecule has 2 rings (SSSR count). The SMILES string of the molecule is COc1ccccc1NC(=O)Nc1cc(C)on1. The van der Waals surface area contributed by atoms with Gasteiger partial charge in [0, 0.05) is 6.07 Å². The van der Waals surface area contributed by atoms with E-state index in [1.165, 1.54) is 0 Å². The molecule has 0 bridgehead atoms. The monoisotopic (exact) mass is 247 g/mol. The van der Waals surface area contributed by atoms with E-state index >= 15 is 0 Å². The van der Waals surface area contributed by atoms with Gasteiger partial charge in [0.2, 0.25) is 0 Å². The maximum absolute atomic E-state index is 11.7. The Morgan fingerprint density at radius 3 is 2.78 bits per heavy atom. The number of hydrogen-bond acceptors (Lipinski definition) is 4. The lowest BCUT2D eigenvalue weighted by molar-refractivity contribution is 0.261. The van der Waals surface area contributed by atoms with Crippen molar-refractivity contribution in [1.29, 1.82) is 0 Å². The summed E-state index contributed by atoms with van der Waals surface area (Å²) in [6, 6.07) is 8.35. The predicted molar refractivity (Wildman–Crippen MR) is 66.9 cm³/mol. The summed E-state index contributed by atoms with van der Waals surface area (Å²) >= 11 is 0. The van der Waals surface area contributed by atoms with Crippen molar-refractivity contribution in [3.05, 3.63) is 36.1 Å². The molecular weight excluding hydrogens is 234 g/mol. The predicted octanol–water partition coefficient (Wildman–Crippen LogP) is 2.64. The Morgan fingerprint density at radius 2 is 2.11 bits per heavy atom. The van der Waals surface area contributed by atoms with Crippen molar-refractivity contribution in [3.8, 4) is 5.75 Å². The van der Waals surface area contributed by atoms with Crippen LogP contribution < -0.4 is 15.4 Å². The smallest absolute Gasteiger partial charge is 0.325 e. The minimum Gasteiger partial charge on any atom is -0.495 e. The largest absolute Gasteiger partial charge is 0.495 e. The molecule has 6 heteroatoms. The molecule has 0 aliphatic rings. The first-order chi connectivity index (χ1) is 8.69. The fourth-order valence-corrected chi connectivity index (χ4v) is 1.44. The summed E-state index contributed by atoms with van der Waals surface area (Å²) < 4.78 is 9.97. The highest BCUT2D eigenvalue weighted by atomic mass is 16.5. The van der Waals surface area contributed by atoms with E-state index in [0.29, 0.717) is 23.0 Å². The molecule has 0 saturated heterocycles. The van der Waals surface area contributed by atoms with E-state index in [-0.39, 0.29) is 0 Å². The van der Waals surface area contributed by atoms with Crippen LogP contribution in [0.4, 0.5) is 16.3 Å². The second kappa shape index (κ2) is 5.22. The van der Waals surface area contributed by atoms with Gasteiger partial charge in [-0.05, 0) is 19.1 Å². The number of para-hydroxylation sites is 2. The molecule has 2 amide bonds. The van der Waals surface area contributed by atoms with Gasteiger partial charge in [0.1, 0.15) is 11.5 Å². The van der Waals surface area contributed by atoms with Gasteiger partial charge in [0.05, 0.1) is 12.8 Å². The molecule has 1 aromatic carbocycles. The average Bonchev–Trinajstić information content (AvgIpc) is 2.75. The van der Waals surface area contributed by atoms with Crippen LogP contribution in [-0.4, -0.2) is 18.3 Å². The van der Waals surface area contributed by atoms with Crippen molar-refractivity contribution < 1.29 is 14.1 Å². The van der Waals surface area contributed by atoms with Gasteiger partial charge in [-0.25, -0.2) is 4.79 Å². The van der Waals surface area contributed by atoms with E-state index in [4.69, 9.17) is 9.26 Å². The minimum atomic E-state index is -0.409. The molecule has 0 aliphatic carbocycles. The van der Waals surface area contributed by atoms with Crippen molar-refractivity contribution in [3.63, 3.8) is 0 Å². The first-order valence-corrected chi connectivity index (χ1v) is 5.33. The number of rotatable bonds is 3. The third-order valence-corrected chi connectivity index (χ3v) is 2.22. The van der Waals surface area contributed by atoms with Crippen LogP contribution in [0.5, 0.6) is 5.75 Å². The molecule has 0 unspecified atom stereocenters. The Kier molecular flexibility index (Phi) is 3.47. The van der Waals surface area contributed by atoms with Crippen LogP contribution in [0.3, 0.4) is 0 Å². The fourth-order valence-electron chi connectivity index (χ4n) is 1.44. The number of aryl methyl sites for hydroxylation is 1. The number of benzene rings is 1. The number of nitrogens with one attached hydrogen (secondary N) is 2. The van der Waals surface area contributed by atoms with Crippen molar-refractivity contribution in [2.75, 3.05) is 17.7 Å². The molecule has 1 aromatic heterocycles. The number of urea groups is 1. The Hall–Kier alpha value is -2.50. The van der Waals surface area contributed by atoms with Gasteiger partial charge >= 0.3 is 6.03 Å². The standard InChI is InChI=1S/C12H13N3O3/c1-8-7-11(15-18-8)14-12(16)13-9-5-3-4-6-10(9)17-2/h3-7H,1-2H3,(H2,13,14,15,16). The summed E-state index contributed by atoms with van der Waals surface area (Å²) in [4.78, 5) is 11.7. The quantitative estimate of drug-likeness (QED) is 0.874. The van der Waals surface area contributed by atoms with Crippen LogP contribution in [0.1, 0.15) is 5.76 Å². The fraction of sp³-hybridized carbons (Fsp3) is 0.167. The van der Waals surface area contributed by atoms with Crippen LogP contribution in [0.25, 0.3) is 0 Å². The van der Waals surface area contributed by atoms with E-state index in [1.807, 2.05) is 6.07 Å².